The summed E-state index contributed by atoms with van der Waals surface area (Å²) in [5, 5.41) is 7.43. The number of nitrogens with two attached hydrogens (primary N) is 1. The number of benzene rings is 3. The van der Waals surface area contributed by atoms with E-state index in [1.807, 2.05) is 31.2 Å². The fraction of sp³-hybridized carbons (Fsp3) is 0.200. The number of rotatable bonds is 7. The topological polar surface area (TPSA) is 158 Å². The van der Waals surface area contributed by atoms with Gasteiger partial charge in [0.25, 0.3) is 0 Å². The molecule has 2 aliphatic rings. The van der Waals surface area contributed by atoms with Gasteiger partial charge in [-0.2, -0.15) is 0 Å². The molecule has 3 amide bonds. The van der Waals surface area contributed by atoms with Crippen molar-refractivity contribution in [2.24, 2.45) is 11.1 Å². The van der Waals surface area contributed by atoms with Crippen LogP contribution in [-0.2, 0) is 31.0 Å². The maximum atomic E-state index is 14.0. The number of hydrogen-bond acceptors (Lipinski definition) is 9. The monoisotopic (exact) mass is 650 g/mol. The second-order valence-corrected chi connectivity index (χ2v) is 14.1. The number of carbonyl (C=O) groups excluding carboxylic acids is 3. The standard InChI is InChI=1S/C30H26N4O7S3/c1-16-3-9-19(10-4-16)34-27(36)24-23(17-5-11-20(41-2)12-6-17)26-29(42-25(24)28(34)37)33(30(38)43-26)15-22(35)32-18-7-13-21(14-8-18)44(31,39)40/h3-14,23-25H,15H2,1-2H3,(H,32,35)(H2,31,39,40)/t23-,24?,25?/m0/s1. The van der Waals surface area contributed by atoms with Gasteiger partial charge in [-0.15, -0.1) is 0 Å². The molecule has 0 spiro atoms. The number of imide groups is 1. The van der Waals surface area contributed by atoms with E-state index in [-0.39, 0.29) is 23.3 Å². The van der Waals surface area contributed by atoms with Crippen molar-refractivity contribution in [3.8, 4) is 5.75 Å². The van der Waals surface area contributed by atoms with Crippen LogP contribution in [0, 0.1) is 12.8 Å². The van der Waals surface area contributed by atoms with Crippen molar-refractivity contribution < 1.29 is 27.5 Å². The molecule has 0 saturated carbocycles. The Bertz CT molecular complexity index is 1950. The summed E-state index contributed by atoms with van der Waals surface area (Å²) >= 11 is 2.07. The first-order valence-corrected chi connectivity index (χ1v) is 16.6. The average Bonchev–Trinajstić information content (AvgIpc) is 3.43. The number of amides is 3. The molecule has 3 N–H and O–H groups in total. The molecule has 0 radical (unpaired) electrons. The summed E-state index contributed by atoms with van der Waals surface area (Å²) in [6.45, 7) is 1.56. The van der Waals surface area contributed by atoms with E-state index in [9.17, 15) is 27.6 Å². The zero-order valence-corrected chi connectivity index (χ0v) is 25.9. The van der Waals surface area contributed by atoms with E-state index in [0.29, 0.717) is 27.0 Å². The van der Waals surface area contributed by atoms with Gasteiger partial charge in [-0.25, -0.2) is 18.5 Å². The lowest BCUT2D eigenvalue weighted by molar-refractivity contribution is -0.122. The first kappa shape index (κ1) is 29.8. The van der Waals surface area contributed by atoms with Gasteiger partial charge in [-0.1, -0.05) is 52.9 Å². The van der Waals surface area contributed by atoms with E-state index in [2.05, 4.69) is 5.32 Å². The Morgan fingerprint density at radius 3 is 2.23 bits per heavy atom. The number of anilines is 2. The summed E-state index contributed by atoms with van der Waals surface area (Å²) < 4.78 is 29.7. The van der Waals surface area contributed by atoms with E-state index < -0.39 is 37.9 Å². The van der Waals surface area contributed by atoms with Crippen LogP contribution in [0.2, 0.25) is 0 Å². The van der Waals surface area contributed by atoms with Crippen LogP contribution in [0.1, 0.15) is 21.9 Å². The molecule has 1 saturated heterocycles. The van der Waals surface area contributed by atoms with Crippen LogP contribution in [0.15, 0.2) is 87.5 Å². The van der Waals surface area contributed by atoms with E-state index in [0.717, 1.165) is 34.2 Å². The van der Waals surface area contributed by atoms with E-state index in [4.69, 9.17) is 9.88 Å². The highest BCUT2D eigenvalue weighted by atomic mass is 32.2. The Balaban J connectivity index is 1.37. The summed E-state index contributed by atoms with van der Waals surface area (Å²) in [5.74, 6) is -2.03. The molecule has 2 aliphatic heterocycles. The van der Waals surface area contributed by atoms with Gasteiger partial charge in [0.1, 0.15) is 17.5 Å². The highest BCUT2D eigenvalue weighted by Crippen LogP contribution is 2.54. The number of sulfonamides is 1. The number of methoxy groups -OCH3 is 1. The molecular formula is C30H26N4O7S3. The second kappa shape index (κ2) is 11.4. The number of fused-ring (bicyclic) bond motifs is 2. The number of primary sulfonamides is 1. The molecule has 14 heteroatoms. The molecule has 3 atom stereocenters. The van der Waals surface area contributed by atoms with Gasteiger partial charge in [-0.05, 0) is 61.0 Å². The molecule has 226 valence electrons. The molecule has 3 aromatic carbocycles. The molecule has 1 fully saturated rings. The average molecular weight is 651 g/mol. The van der Waals surface area contributed by atoms with Crippen molar-refractivity contribution in [2.75, 3.05) is 17.3 Å². The van der Waals surface area contributed by atoms with E-state index in [1.54, 1.807) is 31.4 Å². The first-order valence-electron chi connectivity index (χ1n) is 13.4. The Morgan fingerprint density at radius 1 is 0.955 bits per heavy atom. The zero-order valence-electron chi connectivity index (χ0n) is 23.4. The Kier molecular flexibility index (Phi) is 7.70. The van der Waals surface area contributed by atoms with Crippen molar-refractivity contribution in [1.82, 2.24) is 4.57 Å². The van der Waals surface area contributed by atoms with Gasteiger partial charge in [0.2, 0.25) is 27.7 Å². The van der Waals surface area contributed by atoms with Crippen LogP contribution in [0.5, 0.6) is 5.75 Å². The molecule has 2 unspecified atom stereocenters. The minimum Gasteiger partial charge on any atom is -0.497 e. The fourth-order valence-electron chi connectivity index (χ4n) is 5.45. The highest BCUT2D eigenvalue weighted by Gasteiger charge is 2.56. The largest absolute Gasteiger partial charge is 0.497 e. The summed E-state index contributed by atoms with van der Waals surface area (Å²) in [6.07, 6.45) is 0. The van der Waals surface area contributed by atoms with Crippen LogP contribution in [0.3, 0.4) is 0 Å². The molecule has 11 nitrogen and oxygen atoms in total. The zero-order chi connectivity index (χ0) is 31.3. The first-order chi connectivity index (χ1) is 21.0. The normalized spacial score (nSPS) is 19.4. The van der Waals surface area contributed by atoms with Crippen molar-refractivity contribution in [2.45, 2.75) is 34.6 Å². The Morgan fingerprint density at radius 2 is 1.61 bits per heavy atom. The third kappa shape index (κ3) is 5.34. The molecule has 6 rings (SSSR count). The van der Waals surface area contributed by atoms with Gasteiger partial charge in [0, 0.05) is 16.5 Å². The van der Waals surface area contributed by atoms with E-state index >= 15 is 0 Å². The van der Waals surface area contributed by atoms with E-state index in [1.165, 1.54) is 33.7 Å². The fourth-order valence-corrected chi connectivity index (χ4v) is 8.73. The number of aryl methyl sites for hydroxylation is 1. The molecule has 1 aromatic heterocycles. The molecule has 3 heterocycles. The van der Waals surface area contributed by atoms with Gasteiger partial charge in [0.15, 0.2) is 0 Å². The number of nitrogens with one attached hydrogen (secondary N) is 1. The van der Waals surface area contributed by atoms with Gasteiger partial charge in [-0.3, -0.25) is 23.7 Å². The van der Waals surface area contributed by atoms with Crippen LogP contribution in [0.4, 0.5) is 11.4 Å². The third-order valence-electron chi connectivity index (χ3n) is 7.58. The quantitative estimate of drug-likeness (QED) is 0.289. The predicted molar refractivity (Wildman–Crippen MR) is 167 cm³/mol. The second-order valence-electron chi connectivity index (χ2n) is 10.4. The number of hydrogen-bond donors (Lipinski definition) is 2. The number of carbonyl (C=O) groups is 3. The number of thioether (sulfide) groups is 1. The molecule has 0 aliphatic carbocycles. The van der Waals surface area contributed by atoms with Gasteiger partial charge >= 0.3 is 4.87 Å². The number of aromatic nitrogens is 1. The summed E-state index contributed by atoms with van der Waals surface area (Å²) in [5.41, 5.74) is 2.51. The highest BCUT2D eigenvalue weighted by molar-refractivity contribution is 8.00. The smallest absolute Gasteiger partial charge is 0.308 e. The number of thiazole rings is 1. The van der Waals surface area contributed by atoms with Crippen molar-refractivity contribution in [3.63, 3.8) is 0 Å². The van der Waals surface area contributed by atoms with Crippen LogP contribution < -0.4 is 25.0 Å². The maximum absolute atomic E-state index is 14.0. The van der Waals surface area contributed by atoms with Crippen molar-refractivity contribution >= 4 is 62.2 Å². The maximum Gasteiger partial charge on any atom is 0.308 e. The Hall–Kier alpha value is -4.24. The summed E-state index contributed by atoms with van der Waals surface area (Å²) in [4.78, 5) is 55.5. The number of ether oxygens (including phenoxy) is 1. The molecule has 0 bridgehead atoms. The lowest BCUT2D eigenvalue weighted by atomic mass is 9.83. The predicted octanol–water partition coefficient (Wildman–Crippen LogP) is 3.31. The minimum atomic E-state index is -3.90. The van der Waals surface area contributed by atoms with Gasteiger partial charge < -0.3 is 10.1 Å². The van der Waals surface area contributed by atoms with Crippen LogP contribution >= 0.6 is 23.1 Å². The molecule has 4 aromatic rings. The van der Waals surface area contributed by atoms with Gasteiger partial charge in [0.05, 0.1) is 28.6 Å². The van der Waals surface area contributed by atoms with Crippen molar-refractivity contribution in [3.05, 3.63) is 98.5 Å². The lowest BCUT2D eigenvalue weighted by Gasteiger charge is -2.30. The SMILES string of the molecule is COc1ccc([C@@H]2c3sc(=O)n(CC(=O)Nc4ccc(S(N)(=O)=O)cc4)c3SC3C(=O)N(c4ccc(C)cc4)C(=O)C32)cc1. The number of nitrogens with zero attached hydrogens (tertiary/aromatic N) is 2. The van der Waals surface area contributed by atoms with Crippen LogP contribution in [0.25, 0.3) is 0 Å². The summed E-state index contributed by atoms with van der Waals surface area (Å²) in [7, 11) is -2.35. The van der Waals surface area contributed by atoms with Crippen molar-refractivity contribution in [1.29, 1.82) is 0 Å². The lowest BCUT2D eigenvalue weighted by Crippen LogP contribution is -2.33. The Labute approximate surface area is 260 Å². The minimum absolute atomic E-state index is 0.107. The molecule has 44 heavy (non-hydrogen) atoms. The summed E-state index contributed by atoms with van der Waals surface area (Å²) in [6, 6.07) is 19.6. The molecular weight excluding hydrogens is 625 g/mol. The third-order valence-corrected chi connectivity index (χ3v) is 11.1. The van der Waals surface area contributed by atoms with Crippen LogP contribution in [-0.4, -0.2) is 43.1 Å².